The molecule has 0 radical (unpaired) electrons. The number of anilines is 1. The smallest absolute Gasteiger partial charge is 0.367 e. The molecular formula is C24H28F3N7O2. The quantitative estimate of drug-likeness (QED) is 0.509. The molecule has 3 aromatic heterocycles. The summed E-state index contributed by atoms with van der Waals surface area (Å²) in [5, 5.41) is 4.50. The third-order valence-corrected chi connectivity index (χ3v) is 7.20. The molecule has 192 valence electrons. The van der Waals surface area contributed by atoms with Gasteiger partial charge in [0.05, 0.1) is 48.1 Å². The van der Waals surface area contributed by atoms with Gasteiger partial charge in [0.2, 0.25) is 5.95 Å². The number of hydrogen-bond acceptors (Lipinski definition) is 8. The fourth-order valence-corrected chi connectivity index (χ4v) is 4.98. The summed E-state index contributed by atoms with van der Waals surface area (Å²) < 4.78 is 50.5. The van der Waals surface area contributed by atoms with Gasteiger partial charge >= 0.3 is 6.36 Å². The van der Waals surface area contributed by atoms with Crippen LogP contribution in [0.3, 0.4) is 0 Å². The van der Waals surface area contributed by atoms with Crippen LogP contribution in [0.4, 0.5) is 19.1 Å². The summed E-state index contributed by atoms with van der Waals surface area (Å²) in [6.07, 6.45) is 0.879. The normalized spacial score (nSPS) is 26.9. The van der Waals surface area contributed by atoms with Gasteiger partial charge in [0.25, 0.3) is 0 Å². The van der Waals surface area contributed by atoms with Crippen molar-refractivity contribution in [2.75, 3.05) is 18.0 Å². The number of nitrogens with zero attached hydrogens (tertiary/aromatic N) is 7. The number of aryl methyl sites for hydroxylation is 2. The Morgan fingerprint density at radius 2 is 1.78 bits per heavy atom. The van der Waals surface area contributed by atoms with Gasteiger partial charge in [-0.25, -0.2) is 15.0 Å². The molecule has 0 spiro atoms. The van der Waals surface area contributed by atoms with Gasteiger partial charge in [0, 0.05) is 24.2 Å². The largest absolute Gasteiger partial charge is 0.522 e. The lowest BCUT2D eigenvalue weighted by Crippen LogP contribution is -2.44. The second-order valence-electron chi connectivity index (χ2n) is 10.2. The summed E-state index contributed by atoms with van der Waals surface area (Å²) in [7, 11) is 0. The van der Waals surface area contributed by atoms with Crippen molar-refractivity contribution in [3.05, 3.63) is 35.0 Å². The van der Waals surface area contributed by atoms with Crippen molar-refractivity contribution in [2.45, 2.75) is 83.1 Å². The van der Waals surface area contributed by atoms with Crippen molar-refractivity contribution in [2.24, 2.45) is 0 Å². The maximum atomic E-state index is 12.7. The van der Waals surface area contributed by atoms with E-state index >= 15 is 0 Å². The first-order valence-electron chi connectivity index (χ1n) is 12.3. The Morgan fingerprint density at radius 3 is 2.50 bits per heavy atom. The Kier molecular flexibility index (Phi) is 5.63. The molecule has 0 amide bonds. The maximum absolute atomic E-state index is 12.7. The van der Waals surface area contributed by atoms with Gasteiger partial charge < -0.3 is 9.64 Å². The fraction of sp³-hybridized carbons (Fsp3) is 0.625. The summed E-state index contributed by atoms with van der Waals surface area (Å²) in [6, 6.07) is 0.486. The van der Waals surface area contributed by atoms with Gasteiger partial charge in [0.15, 0.2) is 5.65 Å². The summed E-state index contributed by atoms with van der Waals surface area (Å²) >= 11 is 0. The Bertz CT molecular complexity index is 1290. The Labute approximate surface area is 206 Å². The van der Waals surface area contributed by atoms with Crippen LogP contribution >= 0.6 is 0 Å². The Balaban J connectivity index is 1.31. The van der Waals surface area contributed by atoms with Crippen molar-refractivity contribution in [1.82, 2.24) is 29.7 Å². The number of alkyl halides is 3. The molecule has 2 aliphatic carbocycles. The average Bonchev–Trinajstić information content (AvgIpc) is 3.51. The third-order valence-electron chi connectivity index (χ3n) is 7.20. The van der Waals surface area contributed by atoms with Crippen LogP contribution in [0.5, 0.6) is 0 Å². The predicted octanol–water partition coefficient (Wildman–Crippen LogP) is 4.32. The van der Waals surface area contributed by atoms with Crippen molar-refractivity contribution < 1.29 is 22.6 Å². The lowest BCUT2D eigenvalue weighted by atomic mass is 9.79. The van der Waals surface area contributed by atoms with E-state index in [1.165, 1.54) is 0 Å². The molecule has 1 aliphatic heterocycles. The van der Waals surface area contributed by atoms with E-state index in [0.29, 0.717) is 41.9 Å². The molecule has 3 aromatic rings. The van der Waals surface area contributed by atoms with E-state index in [2.05, 4.69) is 30.9 Å². The average molecular weight is 504 g/mol. The highest BCUT2D eigenvalue weighted by molar-refractivity contribution is 5.75. The minimum atomic E-state index is -4.64. The zero-order valence-electron chi connectivity index (χ0n) is 20.4. The van der Waals surface area contributed by atoms with Crippen LogP contribution < -0.4 is 4.90 Å². The first kappa shape index (κ1) is 23.5. The van der Waals surface area contributed by atoms with Crippen molar-refractivity contribution in [1.29, 1.82) is 0 Å². The highest BCUT2D eigenvalue weighted by Gasteiger charge is 2.42. The van der Waals surface area contributed by atoms with Gasteiger partial charge in [-0.3, -0.25) is 9.42 Å². The van der Waals surface area contributed by atoms with E-state index in [9.17, 15) is 13.2 Å². The molecule has 36 heavy (non-hydrogen) atoms. The molecule has 2 atom stereocenters. The zero-order chi connectivity index (χ0) is 25.2. The second-order valence-corrected chi connectivity index (χ2v) is 10.2. The molecule has 0 bridgehead atoms. The molecule has 1 saturated heterocycles. The topological polar surface area (TPSA) is 91.1 Å². The molecule has 3 aliphatic rings. The highest BCUT2D eigenvalue weighted by atomic mass is 19.4. The van der Waals surface area contributed by atoms with Crippen LogP contribution in [0.1, 0.15) is 73.3 Å². The van der Waals surface area contributed by atoms with Gasteiger partial charge in [0.1, 0.15) is 11.6 Å². The van der Waals surface area contributed by atoms with Gasteiger partial charge in [-0.1, -0.05) is 0 Å². The summed E-state index contributed by atoms with van der Waals surface area (Å²) in [4.78, 5) is 21.0. The van der Waals surface area contributed by atoms with Crippen LogP contribution in [0.15, 0.2) is 12.4 Å². The first-order valence-corrected chi connectivity index (χ1v) is 12.3. The van der Waals surface area contributed by atoms with Gasteiger partial charge in [-0.2, -0.15) is 10.1 Å². The van der Waals surface area contributed by atoms with E-state index in [-0.39, 0.29) is 31.0 Å². The first-order chi connectivity index (χ1) is 17.1. The van der Waals surface area contributed by atoms with E-state index < -0.39 is 12.5 Å². The van der Waals surface area contributed by atoms with E-state index in [0.717, 1.165) is 29.8 Å². The lowest BCUT2D eigenvalue weighted by Gasteiger charge is -2.38. The molecule has 2 unspecified atom stereocenters. The molecule has 2 saturated carbocycles. The summed E-state index contributed by atoms with van der Waals surface area (Å²) in [5.41, 5.74) is 4.14. The second kappa shape index (κ2) is 8.62. The van der Waals surface area contributed by atoms with Crippen molar-refractivity contribution >= 4 is 17.1 Å². The van der Waals surface area contributed by atoms with Crippen LogP contribution in [0.25, 0.3) is 11.2 Å². The molecule has 6 rings (SSSR count). The van der Waals surface area contributed by atoms with E-state index in [1.807, 2.05) is 31.6 Å². The number of ether oxygens (including phenoxy) is 2. The highest BCUT2D eigenvalue weighted by Crippen LogP contribution is 2.43. The molecule has 9 nitrogen and oxygen atoms in total. The molecule has 3 fully saturated rings. The molecule has 0 aromatic carbocycles. The Hall–Kier alpha value is -2.86. The number of hydrogen-bond donors (Lipinski definition) is 0. The van der Waals surface area contributed by atoms with Crippen LogP contribution in [0, 0.1) is 13.8 Å². The standard InChI is InChI=1S/C24H28F3N7O2/c1-12-9-33(11-19(35-12)16-8-28-34(10-16)17-4-5-17)23-31-20(15-6-18(7-15)36-24(25,26)27)21-22(32-23)30-14(3)13(2)29-21/h8,10,12,15,17-19H,4-7,9,11H2,1-3H3. The number of fused-ring (bicyclic) bond motifs is 1. The van der Waals surface area contributed by atoms with Crippen LogP contribution in [-0.2, 0) is 9.47 Å². The third kappa shape index (κ3) is 4.63. The number of morpholine rings is 1. The maximum Gasteiger partial charge on any atom is 0.522 e. The van der Waals surface area contributed by atoms with E-state index in [1.54, 1.807) is 0 Å². The zero-order valence-corrected chi connectivity index (χ0v) is 20.4. The molecular weight excluding hydrogens is 475 g/mol. The molecule has 4 heterocycles. The minimum Gasteiger partial charge on any atom is -0.367 e. The predicted molar refractivity (Wildman–Crippen MR) is 124 cm³/mol. The fourth-order valence-electron chi connectivity index (χ4n) is 4.98. The van der Waals surface area contributed by atoms with Crippen LogP contribution in [0.2, 0.25) is 0 Å². The summed E-state index contributed by atoms with van der Waals surface area (Å²) in [6.45, 7) is 6.84. The number of aromatic nitrogens is 6. The number of halogens is 3. The van der Waals surface area contributed by atoms with Crippen LogP contribution in [-0.4, -0.2) is 61.4 Å². The SMILES string of the molecule is Cc1nc2nc(N3CC(C)OC(c4cnn(C5CC5)c4)C3)nc(C3CC(OC(F)(F)F)C3)c2nc1C. The molecule has 0 N–H and O–H groups in total. The lowest BCUT2D eigenvalue weighted by molar-refractivity contribution is -0.351. The van der Waals surface area contributed by atoms with Crippen molar-refractivity contribution in [3.63, 3.8) is 0 Å². The monoisotopic (exact) mass is 503 g/mol. The van der Waals surface area contributed by atoms with E-state index in [4.69, 9.17) is 14.7 Å². The van der Waals surface area contributed by atoms with Crippen molar-refractivity contribution in [3.8, 4) is 0 Å². The number of rotatable bonds is 5. The minimum absolute atomic E-state index is 0.0742. The van der Waals surface area contributed by atoms with Gasteiger partial charge in [-0.05, 0) is 46.5 Å². The summed E-state index contributed by atoms with van der Waals surface area (Å²) in [5.74, 6) is 0.286. The Morgan fingerprint density at radius 1 is 1.03 bits per heavy atom. The molecule has 12 heteroatoms. The van der Waals surface area contributed by atoms with Gasteiger partial charge in [-0.15, -0.1) is 13.2 Å².